The first-order chi connectivity index (χ1) is 10.2. The average Bonchev–Trinajstić information content (AvgIpc) is 2.54. The molecule has 2 fully saturated rings. The van der Waals surface area contributed by atoms with Gasteiger partial charge in [0, 0.05) is 12.6 Å². The first-order valence-corrected chi connectivity index (χ1v) is 8.91. The van der Waals surface area contributed by atoms with Gasteiger partial charge in [0.15, 0.2) is 0 Å². The topological polar surface area (TPSA) is 35.6 Å². The smallest absolute Gasteiger partial charge is 0.236 e. The van der Waals surface area contributed by atoms with E-state index in [1.807, 2.05) is 7.05 Å². The number of hydrogen-bond acceptors (Lipinski definition) is 3. The Balaban J connectivity index is 0.00000242. The molecule has 0 aliphatic carbocycles. The first-order valence-electron chi connectivity index (χ1n) is 8.91. The fourth-order valence-corrected chi connectivity index (χ4v) is 3.82. The van der Waals surface area contributed by atoms with E-state index >= 15 is 0 Å². The second-order valence-electron chi connectivity index (χ2n) is 6.76. The Morgan fingerprint density at radius 2 is 1.86 bits per heavy atom. The van der Waals surface area contributed by atoms with E-state index in [-0.39, 0.29) is 12.4 Å². The van der Waals surface area contributed by atoms with Gasteiger partial charge in [-0.3, -0.25) is 9.69 Å². The van der Waals surface area contributed by atoms with Crippen LogP contribution in [0.4, 0.5) is 0 Å². The summed E-state index contributed by atoms with van der Waals surface area (Å²) < 4.78 is 0. The summed E-state index contributed by atoms with van der Waals surface area (Å²) in [6.07, 6.45) is 8.58. The van der Waals surface area contributed by atoms with E-state index in [0.29, 0.717) is 18.5 Å². The van der Waals surface area contributed by atoms with Crippen LogP contribution in [0.5, 0.6) is 0 Å². The molecule has 1 N–H and O–H groups in total. The van der Waals surface area contributed by atoms with Crippen LogP contribution in [0.1, 0.15) is 51.9 Å². The molecule has 0 aromatic rings. The van der Waals surface area contributed by atoms with Gasteiger partial charge < -0.3 is 10.2 Å². The third-order valence-electron chi connectivity index (χ3n) is 5.29. The predicted molar refractivity (Wildman–Crippen MR) is 94.6 cm³/mol. The van der Waals surface area contributed by atoms with Crippen LogP contribution < -0.4 is 5.32 Å². The van der Waals surface area contributed by atoms with Crippen molar-refractivity contribution in [1.29, 1.82) is 0 Å². The number of rotatable bonds is 6. The predicted octanol–water partition coefficient (Wildman–Crippen LogP) is 2.52. The third kappa shape index (κ3) is 5.71. The molecule has 1 unspecified atom stereocenters. The molecule has 2 heterocycles. The number of nitrogens with one attached hydrogen (secondary N) is 1. The Kier molecular flexibility index (Phi) is 9.37. The monoisotopic (exact) mass is 331 g/mol. The van der Waals surface area contributed by atoms with Crippen LogP contribution in [0.25, 0.3) is 0 Å². The molecule has 130 valence electrons. The maximum Gasteiger partial charge on any atom is 0.236 e. The molecular weight excluding hydrogens is 298 g/mol. The van der Waals surface area contributed by atoms with E-state index < -0.39 is 0 Å². The highest BCUT2D eigenvalue weighted by molar-refractivity contribution is 5.85. The Morgan fingerprint density at radius 1 is 1.14 bits per heavy atom. The molecule has 5 heteroatoms. The molecule has 0 spiro atoms. The number of likely N-dealkylation sites (tertiary alicyclic amines) is 2. The summed E-state index contributed by atoms with van der Waals surface area (Å²) in [5, 5.41) is 3.24. The Hall–Kier alpha value is -0.320. The Labute approximate surface area is 142 Å². The third-order valence-corrected chi connectivity index (χ3v) is 5.29. The number of carbonyl (C=O) groups is 1. The van der Waals surface area contributed by atoms with Crippen LogP contribution in [0, 0.1) is 5.92 Å². The molecule has 0 radical (unpaired) electrons. The van der Waals surface area contributed by atoms with Crippen LogP contribution in [0.3, 0.4) is 0 Å². The standard InChI is InChI=1S/C17H33N3O.ClH/c1-3-16-6-4-5-11-20(16)17(21)14-19-12-8-15(9-13-19)7-10-18-2;/h15-16,18H,3-14H2,1-2H3;1H. The Bertz CT molecular complexity index is 319. The highest BCUT2D eigenvalue weighted by atomic mass is 35.5. The molecule has 2 rings (SSSR count). The van der Waals surface area contributed by atoms with Crippen molar-refractivity contribution in [2.45, 2.75) is 57.9 Å². The van der Waals surface area contributed by atoms with Crippen molar-refractivity contribution in [1.82, 2.24) is 15.1 Å². The van der Waals surface area contributed by atoms with Crippen molar-refractivity contribution in [2.24, 2.45) is 5.92 Å². The van der Waals surface area contributed by atoms with E-state index in [1.165, 1.54) is 38.5 Å². The number of carbonyl (C=O) groups excluding carboxylic acids is 1. The van der Waals surface area contributed by atoms with Gasteiger partial charge in [0.05, 0.1) is 6.54 Å². The lowest BCUT2D eigenvalue weighted by molar-refractivity contribution is -0.136. The van der Waals surface area contributed by atoms with Crippen LogP contribution >= 0.6 is 12.4 Å². The van der Waals surface area contributed by atoms with E-state index in [2.05, 4.69) is 22.0 Å². The summed E-state index contributed by atoms with van der Waals surface area (Å²) in [4.78, 5) is 17.1. The molecule has 0 bridgehead atoms. The number of halogens is 1. The normalized spacial score (nSPS) is 24.1. The summed E-state index contributed by atoms with van der Waals surface area (Å²) in [6.45, 7) is 7.17. The molecule has 2 aliphatic heterocycles. The SMILES string of the molecule is CCC1CCCCN1C(=O)CN1CCC(CCNC)CC1.Cl. The second-order valence-corrected chi connectivity index (χ2v) is 6.76. The van der Waals surface area contributed by atoms with Crippen molar-refractivity contribution < 1.29 is 4.79 Å². The molecule has 1 atom stereocenters. The van der Waals surface area contributed by atoms with Crippen LogP contribution in [-0.2, 0) is 4.79 Å². The summed E-state index contributed by atoms with van der Waals surface area (Å²) >= 11 is 0. The minimum Gasteiger partial charge on any atom is -0.339 e. The van der Waals surface area contributed by atoms with Crippen molar-refractivity contribution >= 4 is 18.3 Å². The van der Waals surface area contributed by atoms with Gasteiger partial charge in [-0.05, 0) is 77.5 Å². The zero-order chi connectivity index (χ0) is 15.1. The maximum absolute atomic E-state index is 12.6. The van der Waals surface area contributed by atoms with Crippen LogP contribution in [-0.4, -0.2) is 61.5 Å². The van der Waals surface area contributed by atoms with Crippen molar-refractivity contribution in [3.8, 4) is 0 Å². The Morgan fingerprint density at radius 3 is 2.50 bits per heavy atom. The number of piperidine rings is 2. The van der Waals surface area contributed by atoms with Gasteiger partial charge >= 0.3 is 0 Å². The van der Waals surface area contributed by atoms with Crippen LogP contribution in [0.2, 0.25) is 0 Å². The zero-order valence-electron chi connectivity index (χ0n) is 14.4. The van der Waals surface area contributed by atoms with Gasteiger partial charge in [-0.25, -0.2) is 0 Å². The molecule has 2 saturated heterocycles. The van der Waals surface area contributed by atoms with Gasteiger partial charge in [0.1, 0.15) is 0 Å². The van der Waals surface area contributed by atoms with Crippen LogP contribution in [0.15, 0.2) is 0 Å². The van der Waals surface area contributed by atoms with E-state index in [1.54, 1.807) is 0 Å². The number of hydrogen-bond donors (Lipinski definition) is 1. The molecule has 0 aromatic heterocycles. The zero-order valence-corrected chi connectivity index (χ0v) is 15.2. The summed E-state index contributed by atoms with van der Waals surface area (Å²) in [7, 11) is 2.02. The summed E-state index contributed by atoms with van der Waals surface area (Å²) in [5.74, 6) is 1.22. The minimum absolute atomic E-state index is 0. The molecule has 2 aliphatic rings. The minimum atomic E-state index is 0. The molecule has 0 saturated carbocycles. The second kappa shape index (κ2) is 10.5. The van der Waals surface area contributed by atoms with Crippen molar-refractivity contribution in [3.63, 3.8) is 0 Å². The number of amides is 1. The fourth-order valence-electron chi connectivity index (χ4n) is 3.82. The fraction of sp³-hybridized carbons (Fsp3) is 0.941. The average molecular weight is 332 g/mol. The van der Waals surface area contributed by atoms with Gasteiger partial charge in [-0.2, -0.15) is 0 Å². The molecule has 0 aromatic carbocycles. The first kappa shape index (κ1) is 19.7. The van der Waals surface area contributed by atoms with Gasteiger partial charge in [0.25, 0.3) is 0 Å². The number of nitrogens with zero attached hydrogens (tertiary/aromatic N) is 2. The van der Waals surface area contributed by atoms with Crippen molar-refractivity contribution in [3.05, 3.63) is 0 Å². The van der Waals surface area contributed by atoms with Gasteiger partial charge in [-0.15, -0.1) is 12.4 Å². The summed E-state index contributed by atoms with van der Waals surface area (Å²) in [5.41, 5.74) is 0. The van der Waals surface area contributed by atoms with Crippen molar-refractivity contribution in [2.75, 3.05) is 39.8 Å². The lowest BCUT2D eigenvalue weighted by atomic mass is 9.93. The van der Waals surface area contributed by atoms with Gasteiger partial charge in [0.2, 0.25) is 5.91 Å². The van der Waals surface area contributed by atoms with E-state index in [4.69, 9.17) is 0 Å². The van der Waals surface area contributed by atoms with E-state index in [9.17, 15) is 4.79 Å². The quantitative estimate of drug-likeness (QED) is 0.812. The molecule has 22 heavy (non-hydrogen) atoms. The largest absolute Gasteiger partial charge is 0.339 e. The molecule has 4 nitrogen and oxygen atoms in total. The lowest BCUT2D eigenvalue weighted by Crippen LogP contribution is -2.49. The molecular formula is C17H34ClN3O. The maximum atomic E-state index is 12.6. The highest BCUT2D eigenvalue weighted by Gasteiger charge is 2.27. The highest BCUT2D eigenvalue weighted by Crippen LogP contribution is 2.22. The summed E-state index contributed by atoms with van der Waals surface area (Å²) in [6, 6.07) is 0.499. The molecule has 1 amide bonds. The van der Waals surface area contributed by atoms with E-state index in [0.717, 1.165) is 38.5 Å². The lowest BCUT2D eigenvalue weighted by Gasteiger charge is -2.38. The van der Waals surface area contributed by atoms with Gasteiger partial charge in [-0.1, -0.05) is 6.92 Å².